The van der Waals surface area contributed by atoms with Crippen molar-refractivity contribution in [1.82, 2.24) is 20.4 Å². The van der Waals surface area contributed by atoms with E-state index in [1.807, 2.05) is 54.0 Å². The molecular weight excluding hydrogens is 376 g/mol. The third-order valence-corrected chi connectivity index (χ3v) is 5.09. The average molecular weight is 398 g/mol. The van der Waals surface area contributed by atoms with Crippen LogP contribution < -0.4 is 15.4 Å². The van der Waals surface area contributed by atoms with Crippen LogP contribution in [0.4, 0.5) is 0 Å². The fraction of sp³-hybridized carbons (Fsp3) is 0.250. The summed E-state index contributed by atoms with van der Waals surface area (Å²) in [5, 5.41) is 12.1. The quantitative estimate of drug-likeness (QED) is 0.611. The zero-order chi connectivity index (χ0) is 19.9. The smallest absolute Gasteiger partial charge is 0.222 e. The summed E-state index contributed by atoms with van der Waals surface area (Å²) in [6.07, 6.45) is 2.02. The number of aromatic nitrogens is 2. The molecule has 0 saturated carbocycles. The van der Waals surface area contributed by atoms with Crippen LogP contribution in [0.15, 0.2) is 54.0 Å². The first-order chi connectivity index (χ1) is 13.5. The number of methoxy groups -OCH3 is 1. The second-order valence-electron chi connectivity index (χ2n) is 6.20. The summed E-state index contributed by atoms with van der Waals surface area (Å²) in [5.74, 6) is 0.471. The fourth-order valence-corrected chi connectivity index (χ4v) is 3.52. The highest BCUT2D eigenvalue weighted by Crippen LogP contribution is 2.22. The summed E-state index contributed by atoms with van der Waals surface area (Å²) in [5.41, 5.74) is 1.65. The number of ether oxygens (including phenoxy) is 1. The van der Waals surface area contributed by atoms with E-state index in [1.54, 1.807) is 11.8 Å². The van der Waals surface area contributed by atoms with Gasteiger partial charge in [-0.05, 0) is 41.8 Å². The van der Waals surface area contributed by atoms with Crippen molar-refractivity contribution in [2.75, 3.05) is 7.11 Å². The monoisotopic (exact) mass is 398 g/mol. The Morgan fingerprint density at radius 2 is 2.00 bits per heavy atom. The molecule has 0 aliphatic heterocycles. The summed E-state index contributed by atoms with van der Waals surface area (Å²) >= 11 is 1.51. The van der Waals surface area contributed by atoms with Crippen LogP contribution in [0, 0.1) is 0 Å². The van der Waals surface area contributed by atoms with Crippen molar-refractivity contribution in [2.45, 2.75) is 25.9 Å². The van der Waals surface area contributed by atoms with Crippen molar-refractivity contribution in [3.05, 3.63) is 64.6 Å². The number of nitrogens with zero attached hydrogens (tertiary/aromatic N) is 2. The van der Waals surface area contributed by atoms with Crippen molar-refractivity contribution in [3.8, 4) is 11.4 Å². The number of hydrogen-bond acceptors (Lipinski definition) is 5. The van der Waals surface area contributed by atoms with Gasteiger partial charge >= 0.3 is 0 Å². The van der Waals surface area contributed by atoms with Gasteiger partial charge in [-0.25, -0.2) is 4.68 Å². The number of amides is 2. The molecular formula is C20H22N4O3S. The Morgan fingerprint density at radius 3 is 2.64 bits per heavy atom. The molecule has 2 aromatic heterocycles. The van der Waals surface area contributed by atoms with Gasteiger partial charge < -0.3 is 15.4 Å². The summed E-state index contributed by atoms with van der Waals surface area (Å²) < 4.78 is 6.90. The molecule has 3 rings (SSSR count). The number of carbonyl (C=O) groups is 2. The van der Waals surface area contributed by atoms with Crippen molar-refractivity contribution >= 4 is 23.2 Å². The van der Waals surface area contributed by atoms with E-state index < -0.39 is 0 Å². The molecule has 0 spiro atoms. The van der Waals surface area contributed by atoms with Crippen LogP contribution in [0.2, 0.25) is 0 Å². The number of hydrogen-bond donors (Lipinski definition) is 2. The standard InChI is InChI=1S/C20H22N4O3S/c1-14(25)22-18(19-4-3-11-28-19)12-20(26)21-13-15-9-10-24(23-15)16-5-7-17(27-2)8-6-16/h3-11,18H,12-13H2,1-2H3,(H,21,26)(H,22,25). The molecule has 0 fully saturated rings. The molecule has 0 saturated heterocycles. The molecule has 2 amide bonds. The van der Waals surface area contributed by atoms with Crippen molar-refractivity contribution in [3.63, 3.8) is 0 Å². The van der Waals surface area contributed by atoms with Crippen molar-refractivity contribution in [1.29, 1.82) is 0 Å². The number of carbonyl (C=O) groups excluding carboxylic acids is 2. The first-order valence-corrected chi connectivity index (χ1v) is 9.69. The second-order valence-corrected chi connectivity index (χ2v) is 7.18. The second kappa shape index (κ2) is 9.18. The maximum absolute atomic E-state index is 12.3. The molecule has 0 aliphatic carbocycles. The lowest BCUT2D eigenvalue weighted by Crippen LogP contribution is -2.32. The molecule has 8 heteroatoms. The van der Waals surface area contributed by atoms with Crippen LogP contribution >= 0.6 is 11.3 Å². The minimum Gasteiger partial charge on any atom is -0.497 e. The first kappa shape index (κ1) is 19.6. The molecule has 0 bridgehead atoms. The molecule has 1 aromatic carbocycles. The molecule has 1 atom stereocenters. The topological polar surface area (TPSA) is 85.2 Å². The van der Waals surface area contributed by atoms with Gasteiger partial charge in [-0.2, -0.15) is 5.10 Å². The van der Waals surface area contributed by atoms with Crippen molar-refractivity contribution < 1.29 is 14.3 Å². The van der Waals surface area contributed by atoms with E-state index in [9.17, 15) is 9.59 Å². The van der Waals surface area contributed by atoms with Gasteiger partial charge in [0.1, 0.15) is 5.75 Å². The van der Waals surface area contributed by atoms with Gasteiger partial charge in [0.2, 0.25) is 11.8 Å². The molecule has 146 valence electrons. The highest BCUT2D eigenvalue weighted by Gasteiger charge is 2.18. The van der Waals surface area contributed by atoms with E-state index in [-0.39, 0.29) is 24.3 Å². The van der Waals surface area contributed by atoms with Crippen LogP contribution in [-0.2, 0) is 16.1 Å². The Kier molecular flexibility index (Phi) is 6.44. The summed E-state index contributed by atoms with van der Waals surface area (Å²) in [6.45, 7) is 1.77. The molecule has 0 radical (unpaired) electrons. The molecule has 1 unspecified atom stereocenters. The van der Waals surface area contributed by atoms with Crippen LogP contribution in [0.5, 0.6) is 5.75 Å². The zero-order valence-electron chi connectivity index (χ0n) is 15.7. The summed E-state index contributed by atoms with van der Waals surface area (Å²) in [7, 11) is 1.62. The normalized spacial score (nSPS) is 11.6. The van der Waals surface area contributed by atoms with Gasteiger partial charge in [0.05, 0.1) is 37.5 Å². The lowest BCUT2D eigenvalue weighted by atomic mass is 10.1. The van der Waals surface area contributed by atoms with E-state index in [0.717, 1.165) is 22.0 Å². The molecule has 7 nitrogen and oxygen atoms in total. The van der Waals surface area contributed by atoms with Crippen molar-refractivity contribution in [2.24, 2.45) is 0 Å². The lowest BCUT2D eigenvalue weighted by molar-refractivity contribution is -0.122. The highest BCUT2D eigenvalue weighted by atomic mass is 32.1. The Bertz CT molecular complexity index is 919. The number of thiophene rings is 1. The molecule has 2 N–H and O–H groups in total. The molecule has 28 heavy (non-hydrogen) atoms. The third-order valence-electron chi connectivity index (χ3n) is 4.10. The Morgan fingerprint density at radius 1 is 1.21 bits per heavy atom. The van der Waals surface area contributed by atoms with Gasteiger partial charge in [-0.15, -0.1) is 11.3 Å². The number of rotatable bonds is 8. The molecule has 3 aromatic rings. The minimum absolute atomic E-state index is 0.147. The number of benzene rings is 1. The van der Waals surface area contributed by atoms with Crippen LogP contribution in [-0.4, -0.2) is 28.7 Å². The third kappa shape index (κ3) is 5.20. The van der Waals surface area contributed by atoms with E-state index >= 15 is 0 Å². The lowest BCUT2D eigenvalue weighted by Gasteiger charge is -2.16. The SMILES string of the molecule is COc1ccc(-n2ccc(CNC(=O)CC(NC(C)=O)c3cccs3)n2)cc1. The van der Waals surface area contributed by atoms with Gasteiger partial charge in [-0.1, -0.05) is 6.07 Å². The minimum atomic E-state index is -0.325. The van der Waals surface area contributed by atoms with Gasteiger partial charge in [0.25, 0.3) is 0 Å². The van der Waals surface area contributed by atoms with Gasteiger partial charge in [0.15, 0.2) is 0 Å². The van der Waals surface area contributed by atoms with E-state index in [1.165, 1.54) is 18.3 Å². The Hall–Kier alpha value is -3.13. The van der Waals surface area contributed by atoms with Crippen LogP contribution in [0.3, 0.4) is 0 Å². The van der Waals surface area contributed by atoms with E-state index in [4.69, 9.17) is 4.74 Å². The predicted octanol–water partition coefficient (Wildman–Crippen LogP) is 2.83. The first-order valence-electron chi connectivity index (χ1n) is 8.81. The largest absolute Gasteiger partial charge is 0.497 e. The predicted molar refractivity (Wildman–Crippen MR) is 107 cm³/mol. The van der Waals surface area contributed by atoms with Crippen LogP contribution in [0.25, 0.3) is 5.69 Å². The fourth-order valence-electron chi connectivity index (χ4n) is 2.74. The number of nitrogens with one attached hydrogen (secondary N) is 2. The maximum atomic E-state index is 12.3. The Balaban J connectivity index is 1.56. The summed E-state index contributed by atoms with van der Waals surface area (Å²) in [6, 6.07) is 12.9. The van der Waals surface area contributed by atoms with E-state index in [0.29, 0.717) is 6.54 Å². The zero-order valence-corrected chi connectivity index (χ0v) is 16.5. The summed E-state index contributed by atoms with van der Waals surface area (Å²) in [4.78, 5) is 24.7. The average Bonchev–Trinajstić information content (AvgIpc) is 3.38. The van der Waals surface area contributed by atoms with E-state index in [2.05, 4.69) is 15.7 Å². The van der Waals surface area contributed by atoms with Gasteiger partial charge in [-0.3, -0.25) is 9.59 Å². The molecule has 2 heterocycles. The maximum Gasteiger partial charge on any atom is 0.222 e. The van der Waals surface area contributed by atoms with Gasteiger partial charge in [0, 0.05) is 18.0 Å². The highest BCUT2D eigenvalue weighted by molar-refractivity contribution is 7.10. The van der Waals surface area contributed by atoms with Crippen LogP contribution in [0.1, 0.15) is 30.0 Å². The molecule has 0 aliphatic rings. The Labute approximate surface area is 167 Å².